The second kappa shape index (κ2) is 10.6. The van der Waals surface area contributed by atoms with Gasteiger partial charge in [0.05, 0.1) is 5.60 Å². The van der Waals surface area contributed by atoms with E-state index in [9.17, 15) is 9.59 Å². The van der Waals surface area contributed by atoms with Gasteiger partial charge in [-0.05, 0) is 55.4 Å². The van der Waals surface area contributed by atoms with Crippen LogP contribution < -0.4 is 0 Å². The molecule has 1 saturated heterocycles. The van der Waals surface area contributed by atoms with E-state index in [-0.39, 0.29) is 0 Å². The lowest BCUT2D eigenvalue weighted by Crippen LogP contribution is -2.60. The van der Waals surface area contributed by atoms with Crippen LogP contribution in [0, 0.1) is 0 Å². The van der Waals surface area contributed by atoms with E-state index < -0.39 is 35.3 Å². The van der Waals surface area contributed by atoms with Crippen LogP contribution in [0.15, 0.2) is 59.8 Å². The maximum absolute atomic E-state index is 12.5. The zero-order chi connectivity index (χ0) is 23.1. The number of allylic oxidation sites excluding steroid dienone is 6. The Kier molecular flexibility index (Phi) is 9.04. The predicted octanol–water partition coefficient (Wildman–Crippen LogP) is 5.39. The number of rotatable bonds is 7. The van der Waals surface area contributed by atoms with Gasteiger partial charge in [-0.1, -0.05) is 48.6 Å². The monoisotopic (exact) mass is 416 g/mol. The number of hydrogen-bond donors (Lipinski definition) is 0. The molecule has 0 saturated carbocycles. The van der Waals surface area contributed by atoms with Gasteiger partial charge >= 0.3 is 11.9 Å². The summed E-state index contributed by atoms with van der Waals surface area (Å²) in [6, 6.07) is 0. The molecule has 1 aliphatic rings. The van der Waals surface area contributed by atoms with Crippen LogP contribution in [0.25, 0.3) is 0 Å². The molecule has 0 spiro atoms. The van der Waals surface area contributed by atoms with Crippen molar-refractivity contribution in [1.82, 2.24) is 0 Å². The average Bonchev–Trinajstić information content (AvgIpc) is 2.68. The number of carbonyl (C=O) groups is 2. The summed E-state index contributed by atoms with van der Waals surface area (Å²) >= 11 is 0. The van der Waals surface area contributed by atoms with Crippen LogP contribution in [0.5, 0.6) is 0 Å². The first-order valence-corrected chi connectivity index (χ1v) is 10.3. The van der Waals surface area contributed by atoms with E-state index in [0.29, 0.717) is 17.6 Å². The van der Waals surface area contributed by atoms with E-state index in [1.807, 2.05) is 45.9 Å². The lowest BCUT2D eigenvalue weighted by Gasteiger charge is -2.49. The fourth-order valence-corrected chi connectivity index (χ4v) is 3.22. The van der Waals surface area contributed by atoms with Crippen molar-refractivity contribution >= 4 is 11.9 Å². The molecule has 1 heterocycles. The maximum atomic E-state index is 12.5. The van der Waals surface area contributed by atoms with Crippen LogP contribution >= 0.6 is 0 Å². The molecule has 0 aliphatic carbocycles. The highest BCUT2D eigenvalue weighted by Crippen LogP contribution is 2.40. The number of hydrogen-bond acceptors (Lipinski definition) is 5. The lowest BCUT2D eigenvalue weighted by molar-refractivity contribution is -0.247. The van der Waals surface area contributed by atoms with E-state index in [4.69, 9.17) is 14.2 Å². The largest absolute Gasteiger partial charge is 0.455 e. The minimum atomic E-state index is -0.882. The molecule has 0 amide bonds. The first-order chi connectivity index (χ1) is 13.9. The normalized spacial score (nSPS) is 27.7. The minimum absolute atomic E-state index is 0.351. The van der Waals surface area contributed by atoms with Crippen molar-refractivity contribution in [3.05, 3.63) is 59.8 Å². The molecule has 0 aromatic carbocycles. The molecule has 0 radical (unpaired) electrons. The minimum Gasteiger partial charge on any atom is -0.455 e. The van der Waals surface area contributed by atoms with Crippen molar-refractivity contribution in [2.24, 2.45) is 0 Å². The zero-order valence-electron chi connectivity index (χ0n) is 19.6. The molecule has 166 valence electrons. The molecule has 0 aromatic rings. The molecule has 1 rings (SSSR count). The summed E-state index contributed by atoms with van der Waals surface area (Å²) in [4.78, 5) is 25.0. The van der Waals surface area contributed by atoms with Crippen LogP contribution in [-0.2, 0) is 23.8 Å². The highest BCUT2D eigenvalue weighted by atomic mass is 16.6. The van der Waals surface area contributed by atoms with Gasteiger partial charge in [0.25, 0.3) is 0 Å². The summed E-state index contributed by atoms with van der Waals surface area (Å²) in [5, 5.41) is 0. The Morgan fingerprint density at radius 2 is 1.53 bits per heavy atom. The average molecular weight is 417 g/mol. The van der Waals surface area contributed by atoms with Gasteiger partial charge in [0.1, 0.15) is 11.7 Å². The molecule has 5 heteroatoms. The van der Waals surface area contributed by atoms with Crippen LogP contribution in [0.2, 0.25) is 0 Å². The Morgan fingerprint density at radius 3 is 2.03 bits per heavy atom. The fraction of sp³-hybridized carbons (Fsp3) is 0.520. The fourth-order valence-electron chi connectivity index (χ4n) is 3.22. The van der Waals surface area contributed by atoms with Crippen molar-refractivity contribution in [1.29, 1.82) is 0 Å². The smallest absolute Gasteiger partial charge is 0.333 e. The first-order valence-electron chi connectivity index (χ1n) is 10.3. The summed E-state index contributed by atoms with van der Waals surface area (Å²) in [5.41, 5.74) is 0.404. The molecule has 1 fully saturated rings. The molecule has 30 heavy (non-hydrogen) atoms. The summed E-state index contributed by atoms with van der Waals surface area (Å²) in [7, 11) is 0. The van der Waals surface area contributed by atoms with Crippen molar-refractivity contribution in [3.8, 4) is 0 Å². The van der Waals surface area contributed by atoms with Crippen molar-refractivity contribution in [2.45, 2.75) is 85.2 Å². The Labute approximate surface area is 181 Å². The summed E-state index contributed by atoms with van der Waals surface area (Å²) in [6.07, 6.45) is 9.85. The molecular formula is C25H36O5. The van der Waals surface area contributed by atoms with Crippen LogP contribution in [0.1, 0.15) is 61.8 Å². The Morgan fingerprint density at radius 1 is 1.00 bits per heavy atom. The van der Waals surface area contributed by atoms with Gasteiger partial charge in [-0.3, -0.25) is 0 Å². The van der Waals surface area contributed by atoms with Gasteiger partial charge in [0.2, 0.25) is 0 Å². The van der Waals surface area contributed by atoms with E-state index in [1.54, 1.807) is 45.9 Å². The Balaban J connectivity index is 3.29. The van der Waals surface area contributed by atoms with Crippen molar-refractivity contribution in [3.63, 3.8) is 0 Å². The SMILES string of the molecule is C=C/C(C)=C/C=C/[C@@]1(C)C[C@@H](OC(=O)/C(C)=C\C)[C@H](OC(=O)/C(C)=C\C)C(C)(C)O1. The molecule has 0 aromatic heterocycles. The lowest BCUT2D eigenvalue weighted by atomic mass is 9.82. The number of esters is 2. The van der Waals surface area contributed by atoms with E-state index >= 15 is 0 Å². The van der Waals surface area contributed by atoms with E-state index in [1.165, 1.54) is 0 Å². The summed E-state index contributed by atoms with van der Waals surface area (Å²) < 4.78 is 17.9. The molecule has 3 atom stereocenters. The highest BCUT2D eigenvalue weighted by Gasteiger charge is 2.52. The molecule has 0 N–H and O–H groups in total. The van der Waals surface area contributed by atoms with Crippen LogP contribution in [-0.4, -0.2) is 35.3 Å². The zero-order valence-corrected chi connectivity index (χ0v) is 19.6. The number of carbonyl (C=O) groups excluding carboxylic acids is 2. The third-order valence-electron chi connectivity index (χ3n) is 5.26. The van der Waals surface area contributed by atoms with E-state index in [2.05, 4.69) is 6.58 Å². The van der Waals surface area contributed by atoms with Gasteiger partial charge in [0.15, 0.2) is 6.10 Å². The first kappa shape index (κ1) is 25.6. The van der Waals surface area contributed by atoms with Crippen LogP contribution in [0.4, 0.5) is 0 Å². The summed E-state index contributed by atoms with van der Waals surface area (Å²) in [5.74, 6) is -0.885. The van der Waals surface area contributed by atoms with E-state index in [0.717, 1.165) is 5.57 Å². The van der Waals surface area contributed by atoms with Crippen molar-refractivity contribution < 1.29 is 23.8 Å². The second-order valence-corrected chi connectivity index (χ2v) is 8.41. The number of ether oxygens (including phenoxy) is 3. The van der Waals surface area contributed by atoms with Gasteiger partial charge in [-0.25, -0.2) is 9.59 Å². The topological polar surface area (TPSA) is 61.8 Å². The molecule has 0 unspecified atom stereocenters. The van der Waals surface area contributed by atoms with Gasteiger partial charge < -0.3 is 14.2 Å². The maximum Gasteiger partial charge on any atom is 0.333 e. The summed E-state index contributed by atoms with van der Waals surface area (Å²) in [6.45, 7) is 18.2. The Bertz CT molecular complexity index is 781. The molecule has 5 nitrogen and oxygen atoms in total. The quantitative estimate of drug-likeness (QED) is 0.316. The highest BCUT2D eigenvalue weighted by molar-refractivity contribution is 5.88. The molecular weight excluding hydrogens is 380 g/mol. The van der Waals surface area contributed by atoms with Gasteiger partial charge in [-0.15, -0.1) is 0 Å². The Hall–Kier alpha value is -2.40. The standard InChI is InChI=1S/C25H36O5/c1-10-17(4)14-13-15-25(9)16-20(28-22(26)18(5)11-2)21(24(7,8)30-25)29-23(27)19(6)12-3/h10-15,20-21H,1,16H2,2-9H3/b15-13+,17-14+,18-11-,19-12-/t20-,21+,25+/m1/s1. The molecule has 0 bridgehead atoms. The third kappa shape index (κ3) is 6.84. The van der Waals surface area contributed by atoms with Crippen molar-refractivity contribution in [2.75, 3.05) is 0 Å². The third-order valence-corrected chi connectivity index (χ3v) is 5.26. The van der Waals surface area contributed by atoms with Gasteiger partial charge in [0, 0.05) is 17.6 Å². The second-order valence-electron chi connectivity index (χ2n) is 8.41. The van der Waals surface area contributed by atoms with Gasteiger partial charge in [-0.2, -0.15) is 0 Å². The van der Waals surface area contributed by atoms with Crippen LogP contribution in [0.3, 0.4) is 0 Å². The predicted molar refractivity (Wildman–Crippen MR) is 120 cm³/mol. The molecule has 1 aliphatic heterocycles.